The van der Waals surface area contributed by atoms with E-state index >= 15 is 0 Å². The van der Waals surface area contributed by atoms with Gasteiger partial charge in [-0.25, -0.2) is 0 Å². The van der Waals surface area contributed by atoms with Crippen LogP contribution >= 0.6 is 0 Å². The van der Waals surface area contributed by atoms with Gasteiger partial charge in [0.1, 0.15) is 11.6 Å². The van der Waals surface area contributed by atoms with Crippen LogP contribution in [-0.2, 0) is 17.9 Å². The maximum atomic E-state index is 5.49. The molecule has 1 aromatic heterocycles. The summed E-state index contributed by atoms with van der Waals surface area (Å²) in [5, 5.41) is 11.0. The summed E-state index contributed by atoms with van der Waals surface area (Å²) in [6, 6.07) is 11.7. The number of hydrogen-bond donors (Lipinski definition) is 2. The largest absolute Gasteiger partial charge is 0.382 e. The molecule has 0 atom stereocenters. The van der Waals surface area contributed by atoms with Gasteiger partial charge in [-0.3, -0.25) is 0 Å². The Labute approximate surface area is 112 Å². The minimum absolute atomic E-state index is 0.419. The van der Waals surface area contributed by atoms with Crippen LogP contribution in [0.15, 0.2) is 36.4 Å². The van der Waals surface area contributed by atoms with Crippen LogP contribution < -0.4 is 11.1 Å². The molecule has 0 saturated carbocycles. The molecule has 0 saturated heterocycles. The number of aromatic nitrogens is 2. The van der Waals surface area contributed by atoms with Gasteiger partial charge in [0.2, 0.25) is 0 Å². The molecular weight excluding hydrogens is 240 g/mol. The molecule has 0 aliphatic rings. The monoisotopic (exact) mass is 258 g/mol. The molecule has 0 unspecified atom stereocenters. The zero-order valence-electron chi connectivity index (χ0n) is 11.0. The van der Waals surface area contributed by atoms with Crippen molar-refractivity contribution in [3.63, 3.8) is 0 Å². The Morgan fingerprint density at radius 1 is 1.11 bits per heavy atom. The van der Waals surface area contributed by atoms with E-state index in [-0.39, 0.29) is 0 Å². The zero-order chi connectivity index (χ0) is 13.5. The number of hydrogen-bond acceptors (Lipinski definition) is 5. The molecule has 0 bridgehead atoms. The topological polar surface area (TPSA) is 73.1 Å². The summed E-state index contributed by atoms with van der Waals surface area (Å²) in [6.45, 7) is 4.01. The molecular formula is C14H18N4O. The highest BCUT2D eigenvalue weighted by Crippen LogP contribution is 2.12. The molecule has 5 nitrogen and oxygen atoms in total. The van der Waals surface area contributed by atoms with Crippen LogP contribution in [-0.4, -0.2) is 16.8 Å². The highest BCUT2D eigenvalue weighted by molar-refractivity contribution is 5.40. The Bertz CT molecular complexity index is 513. The van der Waals surface area contributed by atoms with Crippen LogP contribution in [0.25, 0.3) is 0 Å². The molecule has 100 valence electrons. The van der Waals surface area contributed by atoms with Crippen molar-refractivity contribution in [1.82, 2.24) is 10.2 Å². The minimum Gasteiger partial charge on any atom is -0.382 e. The van der Waals surface area contributed by atoms with Crippen molar-refractivity contribution < 1.29 is 4.74 Å². The second-order valence-electron chi connectivity index (χ2n) is 4.10. The van der Waals surface area contributed by atoms with Crippen molar-refractivity contribution in [2.75, 3.05) is 17.7 Å². The van der Waals surface area contributed by atoms with E-state index in [0.29, 0.717) is 31.4 Å². The van der Waals surface area contributed by atoms with Crippen molar-refractivity contribution in [1.29, 1.82) is 0 Å². The van der Waals surface area contributed by atoms with Gasteiger partial charge in [-0.2, -0.15) is 0 Å². The first-order valence-corrected chi connectivity index (χ1v) is 6.27. The van der Waals surface area contributed by atoms with Gasteiger partial charge in [-0.15, -0.1) is 10.2 Å². The van der Waals surface area contributed by atoms with Gasteiger partial charge >= 0.3 is 0 Å². The molecule has 5 heteroatoms. The maximum absolute atomic E-state index is 5.49. The van der Waals surface area contributed by atoms with E-state index < -0.39 is 0 Å². The molecule has 1 heterocycles. The number of benzene rings is 1. The van der Waals surface area contributed by atoms with Crippen molar-refractivity contribution in [3.05, 3.63) is 47.5 Å². The Kier molecular flexibility index (Phi) is 4.69. The normalized spacial score (nSPS) is 10.4. The number of nitrogen functional groups attached to an aromatic ring is 1. The average Bonchev–Trinajstić information content (AvgIpc) is 2.45. The van der Waals surface area contributed by atoms with E-state index in [9.17, 15) is 0 Å². The molecule has 0 radical (unpaired) electrons. The van der Waals surface area contributed by atoms with Gasteiger partial charge in [0.15, 0.2) is 0 Å². The van der Waals surface area contributed by atoms with Gasteiger partial charge < -0.3 is 15.8 Å². The van der Waals surface area contributed by atoms with Gasteiger partial charge in [-0.1, -0.05) is 24.3 Å². The van der Waals surface area contributed by atoms with Crippen molar-refractivity contribution >= 4 is 11.6 Å². The second kappa shape index (κ2) is 6.70. The lowest BCUT2D eigenvalue weighted by atomic mass is 10.1. The van der Waals surface area contributed by atoms with Crippen LogP contribution in [0.3, 0.4) is 0 Å². The number of rotatable bonds is 6. The maximum Gasteiger partial charge on any atom is 0.149 e. The quantitative estimate of drug-likeness (QED) is 0.831. The summed E-state index contributed by atoms with van der Waals surface area (Å²) in [4.78, 5) is 0. The van der Waals surface area contributed by atoms with Gasteiger partial charge in [0.05, 0.1) is 6.61 Å². The molecule has 0 amide bonds. The lowest BCUT2D eigenvalue weighted by molar-refractivity contribution is 0.133. The predicted molar refractivity (Wildman–Crippen MR) is 75.5 cm³/mol. The molecule has 0 aliphatic carbocycles. The molecule has 0 fully saturated rings. The van der Waals surface area contributed by atoms with E-state index in [4.69, 9.17) is 10.5 Å². The summed E-state index contributed by atoms with van der Waals surface area (Å²) in [7, 11) is 0. The van der Waals surface area contributed by atoms with Gasteiger partial charge in [-0.05, 0) is 30.2 Å². The first kappa shape index (κ1) is 13.3. The number of nitrogens with one attached hydrogen (secondary N) is 1. The third-order valence-electron chi connectivity index (χ3n) is 2.73. The molecule has 2 aromatic rings. The SMILES string of the molecule is CCOCc1ccccc1CNc1ccc(N)nn1. The standard InChI is InChI=1S/C14H18N4O/c1-2-19-10-12-6-4-3-5-11(12)9-16-14-8-7-13(15)17-18-14/h3-8H,2,9-10H2,1H3,(H2,15,17)(H,16,18). The Hall–Kier alpha value is -2.14. The van der Waals surface area contributed by atoms with Crippen molar-refractivity contribution in [3.8, 4) is 0 Å². The number of anilines is 2. The third-order valence-corrected chi connectivity index (χ3v) is 2.73. The molecule has 3 N–H and O–H groups in total. The minimum atomic E-state index is 0.419. The smallest absolute Gasteiger partial charge is 0.149 e. The van der Waals surface area contributed by atoms with Gasteiger partial charge in [0, 0.05) is 13.2 Å². The Balaban J connectivity index is 2.00. The third kappa shape index (κ3) is 3.93. The summed E-state index contributed by atoms with van der Waals surface area (Å²) in [5.74, 6) is 1.13. The van der Waals surface area contributed by atoms with E-state index in [1.165, 1.54) is 11.1 Å². The van der Waals surface area contributed by atoms with Crippen molar-refractivity contribution in [2.24, 2.45) is 0 Å². The average molecular weight is 258 g/mol. The zero-order valence-corrected chi connectivity index (χ0v) is 11.0. The van der Waals surface area contributed by atoms with Crippen LogP contribution in [0.5, 0.6) is 0 Å². The first-order valence-electron chi connectivity index (χ1n) is 6.27. The lowest BCUT2D eigenvalue weighted by Gasteiger charge is -2.10. The van der Waals surface area contributed by atoms with Crippen LogP contribution in [0.1, 0.15) is 18.1 Å². The number of ether oxygens (including phenoxy) is 1. The summed E-state index contributed by atoms with van der Waals surface area (Å²) in [6.07, 6.45) is 0. The van der Waals surface area contributed by atoms with E-state index in [0.717, 1.165) is 0 Å². The molecule has 2 rings (SSSR count). The van der Waals surface area contributed by atoms with Crippen LogP contribution in [0.2, 0.25) is 0 Å². The van der Waals surface area contributed by atoms with E-state index in [1.54, 1.807) is 6.07 Å². The second-order valence-corrected chi connectivity index (χ2v) is 4.10. The highest BCUT2D eigenvalue weighted by Gasteiger charge is 2.02. The number of nitrogens with two attached hydrogens (primary N) is 1. The van der Waals surface area contributed by atoms with Gasteiger partial charge in [0.25, 0.3) is 0 Å². The Morgan fingerprint density at radius 2 is 1.89 bits per heavy atom. The molecule has 19 heavy (non-hydrogen) atoms. The molecule has 0 aliphatic heterocycles. The predicted octanol–water partition coefficient (Wildman–Crippen LogP) is 2.21. The van der Waals surface area contributed by atoms with Crippen molar-refractivity contribution in [2.45, 2.75) is 20.1 Å². The van der Waals surface area contributed by atoms with E-state index in [1.807, 2.05) is 25.1 Å². The van der Waals surface area contributed by atoms with E-state index in [2.05, 4.69) is 27.6 Å². The van der Waals surface area contributed by atoms with Crippen LogP contribution in [0.4, 0.5) is 11.6 Å². The molecule has 1 aromatic carbocycles. The summed E-state index contributed by atoms with van der Waals surface area (Å²) < 4.78 is 5.46. The highest BCUT2D eigenvalue weighted by atomic mass is 16.5. The summed E-state index contributed by atoms with van der Waals surface area (Å²) >= 11 is 0. The number of nitrogens with zero attached hydrogens (tertiary/aromatic N) is 2. The Morgan fingerprint density at radius 3 is 2.58 bits per heavy atom. The fraction of sp³-hybridized carbons (Fsp3) is 0.286. The fourth-order valence-corrected chi connectivity index (χ4v) is 1.71. The first-order chi connectivity index (χ1) is 9.29. The van der Waals surface area contributed by atoms with Crippen LogP contribution in [0, 0.1) is 0 Å². The summed E-state index contributed by atoms with van der Waals surface area (Å²) in [5.41, 5.74) is 7.87. The molecule has 0 spiro atoms. The lowest BCUT2D eigenvalue weighted by Crippen LogP contribution is -2.06. The fourth-order valence-electron chi connectivity index (χ4n) is 1.71.